The van der Waals surface area contributed by atoms with E-state index in [-0.39, 0.29) is 6.04 Å². The zero-order valence-electron chi connectivity index (χ0n) is 12.1. The van der Waals surface area contributed by atoms with Gasteiger partial charge in [-0.05, 0) is 31.5 Å². The van der Waals surface area contributed by atoms with E-state index < -0.39 is 6.10 Å². The third-order valence-electron chi connectivity index (χ3n) is 2.89. The first-order valence-electron chi connectivity index (χ1n) is 6.96. The van der Waals surface area contributed by atoms with Crippen molar-refractivity contribution in [3.8, 4) is 0 Å². The minimum absolute atomic E-state index is 0.131. The van der Waals surface area contributed by atoms with Gasteiger partial charge in [-0.3, -0.25) is 0 Å². The smallest absolute Gasteiger partial charge is 0.0897 e. The third kappa shape index (κ3) is 7.22. The summed E-state index contributed by atoms with van der Waals surface area (Å²) in [7, 11) is 0. The van der Waals surface area contributed by atoms with Crippen LogP contribution in [-0.2, 0) is 9.47 Å². The van der Waals surface area contributed by atoms with E-state index in [1.807, 2.05) is 38.1 Å². The minimum Gasteiger partial charge on any atom is -0.389 e. The van der Waals surface area contributed by atoms with Crippen LogP contribution in [-0.4, -0.2) is 44.2 Å². The highest BCUT2D eigenvalue weighted by molar-refractivity contribution is 6.30. The van der Waals surface area contributed by atoms with E-state index in [1.165, 1.54) is 0 Å². The molecule has 0 heterocycles. The number of aliphatic hydroxyl groups excluding tert-OH is 1. The van der Waals surface area contributed by atoms with Crippen molar-refractivity contribution in [1.29, 1.82) is 0 Å². The maximum Gasteiger partial charge on any atom is 0.0897 e. The number of nitrogens with one attached hydrogen (secondary N) is 1. The van der Waals surface area contributed by atoms with Crippen molar-refractivity contribution in [3.05, 3.63) is 34.9 Å². The molecule has 0 saturated carbocycles. The van der Waals surface area contributed by atoms with E-state index in [4.69, 9.17) is 21.1 Å². The highest BCUT2D eigenvalue weighted by atomic mass is 35.5. The summed E-state index contributed by atoms with van der Waals surface area (Å²) >= 11 is 5.95. The third-order valence-corrected chi connectivity index (χ3v) is 3.13. The van der Waals surface area contributed by atoms with Gasteiger partial charge in [-0.15, -0.1) is 0 Å². The molecule has 0 bridgehead atoms. The zero-order chi connectivity index (χ0) is 14.8. The summed E-state index contributed by atoms with van der Waals surface area (Å²) in [6.07, 6.45) is -0.529. The molecule has 1 unspecified atom stereocenters. The van der Waals surface area contributed by atoms with Crippen LogP contribution in [0, 0.1) is 0 Å². The van der Waals surface area contributed by atoms with Crippen LogP contribution < -0.4 is 5.32 Å². The zero-order valence-corrected chi connectivity index (χ0v) is 12.9. The van der Waals surface area contributed by atoms with Crippen LogP contribution in [0.4, 0.5) is 0 Å². The van der Waals surface area contributed by atoms with Crippen molar-refractivity contribution >= 4 is 11.6 Å². The van der Waals surface area contributed by atoms with Crippen LogP contribution in [0.2, 0.25) is 5.02 Å². The van der Waals surface area contributed by atoms with Crippen molar-refractivity contribution < 1.29 is 14.6 Å². The Morgan fingerprint density at radius 1 is 1.30 bits per heavy atom. The Morgan fingerprint density at radius 2 is 2.05 bits per heavy atom. The molecule has 0 spiro atoms. The molecule has 0 aliphatic heterocycles. The lowest BCUT2D eigenvalue weighted by Crippen LogP contribution is -2.32. The first kappa shape index (κ1) is 17.4. The molecule has 2 atom stereocenters. The van der Waals surface area contributed by atoms with Crippen LogP contribution in [0.3, 0.4) is 0 Å². The van der Waals surface area contributed by atoms with Crippen LogP contribution >= 0.6 is 11.6 Å². The van der Waals surface area contributed by atoms with Crippen molar-refractivity contribution in [2.75, 3.05) is 33.0 Å². The molecule has 0 aliphatic rings. The van der Waals surface area contributed by atoms with Crippen LogP contribution in [0.1, 0.15) is 25.5 Å². The molecule has 0 radical (unpaired) electrons. The highest BCUT2D eigenvalue weighted by Gasteiger charge is 2.09. The van der Waals surface area contributed by atoms with E-state index in [9.17, 15) is 5.11 Å². The maximum absolute atomic E-state index is 9.80. The van der Waals surface area contributed by atoms with Gasteiger partial charge < -0.3 is 19.9 Å². The van der Waals surface area contributed by atoms with Crippen LogP contribution in [0.25, 0.3) is 0 Å². The summed E-state index contributed by atoms with van der Waals surface area (Å²) in [6.45, 7) is 6.52. The van der Waals surface area contributed by atoms with E-state index in [1.54, 1.807) is 0 Å². The molecule has 2 N–H and O–H groups in total. The molecule has 5 heteroatoms. The van der Waals surface area contributed by atoms with Crippen LogP contribution in [0.15, 0.2) is 24.3 Å². The van der Waals surface area contributed by atoms with E-state index in [0.717, 1.165) is 10.6 Å². The fourth-order valence-corrected chi connectivity index (χ4v) is 1.95. The molecule has 0 fully saturated rings. The van der Waals surface area contributed by atoms with Gasteiger partial charge in [-0.25, -0.2) is 0 Å². The van der Waals surface area contributed by atoms with Gasteiger partial charge in [0.05, 0.1) is 25.9 Å². The second kappa shape index (κ2) is 10.1. The Bertz CT molecular complexity index is 376. The Labute approximate surface area is 126 Å². The molecule has 114 valence electrons. The molecule has 0 aromatic heterocycles. The lowest BCUT2D eigenvalue weighted by Gasteiger charge is -2.18. The van der Waals surface area contributed by atoms with Crippen molar-refractivity contribution in [3.63, 3.8) is 0 Å². The molecule has 0 aliphatic carbocycles. The highest BCUT2D eigenvalue weighted by Crippen LogP contribution is 2.17. The van der Waals surface area contributed by atoms with Crippen LogP contribution in [0.5, 0.6) is 0 Å². The number of rotatable bonds is 10. The summed E-state index contributed by atoms with van der Waals surface area (Å²) in [5.74, 6) is 0. The first-order valence-corrected chi connectivity index (χ1v) is 7.33. The Kier molecular flexibility index (Phi) is 8.82. The second-order valence-electron chi connectivity index (χ2n) is 4.61. The van der Waals surface area contributed by atoms with Crippen molar-refractivity contribution in [2.24, 2.45) is 0 Å². The Hall–Kier alpha value is -0.650. The SMILES string of the molecule is CCOCCOCC(O)CN[C@@H](C)c1cccc(Cl)c1. The standard InChI is InChI=1S/C15H24ClNO3/c1-3-19-7-8-20-11-15(18)10-17-12(2)13-5-4-6-14(16)9-13/h4-6,9,12,15,17-18H,3,7-8,10-11H2,1-2H3/t12-,15?/m0/s1. The normalized spacial score (nSPS) is 14.2. The quantitative estimate of drug-likeness (QED) is 0.652. The molecular weight excluding hydrogens is 278 g/mol. The number of hydrogen-bond donors (Lipinski definition) is 2. The molecule has 0 saturated heterocycles. The second-order valence-corrected chi connectivity index (χ2v) is 5.05. The maximum atomic E-state index is 9.80. The predicted octanol–water partition coefficient (Wildman–Crippen LogP) is 2.40. The van der Waals surface area contributed by atoms with E-state index in [0.29, 0.717) is 33.0 Å². The Morgan fingerprint density at radius 3 is 2.75 bits per heavy atom. The van der Waals surface area contributed by atoms with Gasteiger partial charge in [0.2, 0.25) is 0 Å². The summed E-state index contributed by atoms with van der Waals surface area (Å²) in [5, 5.41) is 13.8. The van der Waals surface area contributed by atoms with Gasteiger partial charge in [0.15, 0.2) is 0 Å². The minimum atomic E-state index is -0.529. The summed E-state index contributed by atoms with van der Waals surface area (Å²) in [5.41, 5.74) is 1.10. The Balaban J connectivity index is 2.18. The van der Waals surface area contributed by atoms with Gasteiger partial charge >= 0.3 is 0 Å². The fourth-order valence-electron chi connectivity index (χ4n) is 1.75. The lowest BCUT2D eigenvalue weighted by molar-refractivity contribution is 0.00586. The average Bonchev–Trinajstić information content (AvgIpc) is 2.44. The molecular formula is C15H24ClNO3. The lowest BCUT2D eigenvalue weighted by atomic mass is 10.1. The van der Waals surface area contributed by atoms with Gasteiger partial charge in [-0.2, -0.15) is 0 Å². The van der Waals surface area contributed by atoms with Crippen molar-refractivity contribution in [2.45, 2.75) is 26.0 Å². The summed E-state index contributed by atoms with van der Waals surface area (Å²) in [6, 6.07) is 7.83. The molecule has 1 aromatic carbocycles. The predicted molar refractivity (Wildman–Crippen MR) is 81.2 cm³/mol. The average molecular weight is 302 g/mol. The summed E-state index contributed by atoms with van der Waals surface area (Å²) in [4.78, 5) is 0. The van der Waals surface area contributed by atoms with Crippen molar-refractivity contribution in [1.82, 2.24) is 5.32 Å². The number of benzene rings is 1. The molecule has 0 amide bonds. The van der Waals surface area contributed by atoms with Gasteiger partial charge in [0, 0.05) is 24.2 Å². The number of ether oxygens (including phenoxy) is 2. The van der Waals surface area contributed by atoms with Gasteiger partial charge in [0.1, 0.15) is 0 Å². The molecule has 4 nitrogen and oxygen atoms in total. The number of halogens is 1. The largest absolute Gasteiger partial charge is 0.389 e. The molecule has 1 rings (SSSR count). The molecule has 20 heavy (non-hydrogen) atoms. The fraction of sp³-hybridized carbons (Fsp3) is 0.600. The number of hydrogen-bond acceptors (Lipinski definition) is 4. The van der Waals surface area contributed by atoms with E-state index in [2.05, 4.69) is 5.32 Å². The van der Waals surface area contributed by atoms with E-state index >= 15 is 0 Å². The monoisotopic (exact) mass is 301 g/mol. The molecule has 1 aromatic rings. The van der Waals surface area contributed by atoms with Gasteiger partial charge in [-0.1, -0.05) is 23.7 Å². The number of aliphatic hydroxyl groups is 1. The topological polar surface area (TPSA) is 50.7 Å². The first-order chi connectivity index (χ1) is 9.63. The summed E-state index contributed by atoms with van der Waals surface area (Å²) < 4.78 is 10.5. The van der Waals surface area contributed by atoms with Gasteiger partial charge in [0.25, 0.3) is 0 Å².